The lowest BCUT2D eigenvalue weighted by atomic mass is 9.97. The molecule has 2 N–H and O–H groups in total. The third-order valence-electron chi connectivity index (χ3n) is 4.10. The number of piperidine rings is 1. The van der Waals surface area contributed by atoms with Gasteiger partial charge in [0.15, 0.2) is 0 Å². The molecule has 136 valence electrons. The van der Waals surface area contributed by atoms with Gasteiger partial charge in [-0.15, -0.1) is 12.4 Å². The number of halogens is 4. The summed E-state index contributed by atoms with van der Waals surface area (Å²) in [6.07, 6.45) is -3.83. The molecule has 0 aliphatic carbocycles. The zero-order valence-corrected chi connectivity index (χ0v) is 14.2. The van der Waals surface area contributed by atoms with E-state index in [0.29, 0.717) is 12.2 Å². The normalized spacial score (nSPS) is 21.1. The molecule has 0 radical (unpaired) electrons. The van der Waals surface area contributed by atoms with Gasteiger partial charge in [0.2, 0.25) is 5.91 Å². The van der Waals surface area contributed by atoms with Crippen molar-refractivity contribution in [2.75, 3.05) is 13.7 Å². The van der Waals surface area contributed by atoms with Crippen LogP contribution in [-0.2, 0) is 11.2 Å². The number of hydrogen-bond acceptors (Lipinski definition) is 3. The van der Waals surface area contributed by atoms with Crippen molar-refractivity contribution in [1.29, 1.82) is 0 Å². The maximum atomic E-state index is 13.1. The molecular formula is C16H22ClF3N2O2. The highest BCUT2D eigenvalue weighted by Gasteiger charge is 2.47. The second kappa shape index (κ2) is 8.58. The number of benzene rings is 1. The molecule has 1 aliphatic rings. The fourth-order valence-electron chi connectivity index (χ4n) is 2.80. The van der Waals surface area contributed by atoms with Gasteiger partial charge in [-0.05, 0) is 37.0 Å². The van der Waals surface area contributed by atoms with Crippen molar-refractivity contribution in [2.45, 2.75) is 43.9 Å². The molecule has 1 amide bonds. The fraction of sp³-hybridized carbons (Fsp3) is 0.562. The maximum absolute atomic E-state index is 13.1. The van der Waals surface area contributed by atoms with Gasteiger partial charge in [0, 0.05) is 19.0 Å². The van der Waals surface area contributed by atoms with E-state index in [1.807, 2.05) is 0 Å². The Morgan fingerprint density at radius 3 is 2.46 bits per heavy atom. The number of amides is 1. The lowest BCUT2D eigenvalue weighted by Gasteiger charge is -2.39. The third-order valence-corrected chi connectivity index (χ3v) is 4.10. The van der Waals surface area contributed by atoms with E-state index < -0.39 is 24.2 Å². The Morgan fingerprint density at radius 1 is 1.29 bits per heavy atom. The number of methoxy groups -OCH3 is 1. The molecule has 2 atom stereocenters. The average molecular weight is 367 g/mol. The van der Waals surface area contributed by atoms with Crippen molar-refractivity contribution in [3.63, 3.8) is 0 Å². The van der Waals surface area contributed by atoms with Crippen LogP contribution in [-0.4, -0.2) is 42.7 Å². The number of aryl methyl sites for hydroxylation is 1. The Hall–Kier alpha value is -1.47. The molecule has 1 aliphatic heterocycles. The minimum Gasteiger partial charge on any atom is -0.497 e. The van der Waals surface area contributed by atoms with Crippen LogP contribution in [0.15, 0.2) is 24.3 Å². The zero-order chi connectivity index (χ0) is 17.0. The van der Waals surface area contributed by atoms with Crippen LogP contribution in [0.1, 0.15) is 24.8 Å². The van der Waals surface area contributed by atoms with Gasteiger partial charge < -0.3 is 15.4 Å². The number of nitrogens with zero attached hydrogens (tertiary/aromatic N) is 1. The van der Waals surface area contributed by atoms with Gasteiger partial charge in [0.1, 0.15) is 11.8 Å². The van der Waals surface area contributed by atoms with Gasteiger partial charge in [-0.25, -0.2) is 0 Å². The lowest BCUT2D eigenvalue weighted by molar-refractivity contribution is -0.196. The Morgan fingerprint density at radius 2 is 1.92 bits per heavy atom. The minimum atomic E-state index is -4.41. The average Bonchev–Trinajstić information content (AvgIpc) is 2.51. The summed E-state index contributed by atoms with van der Waals surface area (Å²) >= 11 is 0. The number of nitrogens with two attached hydrogens (primary N) is 1. The molecule has 1 fully saturated rings. The van der Waals surface area contributed by atoms with Crippen molar-refractivity contribution in [1.82, 2.24) is 4.90 Å². The highest BCUT2D eigenvalue weighted by Crippen LogP contribution is 2.32. The molecule has 1 aromatic rings. The van der Waals surface area contributed by atoms with Crippen LogP contribution in [0.5, 0.6) is 5.75 Å². The summed E-state index contributed by atoms with van der Waals surface area (Å²) in [5.74, 6) is 0.192. The third kappa shape index (κ3) is 5.27. The first kappa shape index (κ1) is 20.6. The Balaban J connectivity index is 0.00000288. The van der Waals surface area contributed by atoms with Crippen molar-refractivity contribution in [3.8, 4) is 5.75 Å². The van der Waals surface area contributed by atoms with Gasteiger partial charge in [-0.2, -0.15) is 13.2 Å². The summed E-state index contributed by atoms with van der Waals surface area (Å²) in [6.45, 7) is -0.0361. The highest BCUT2D eigenvalue weighted by atomic mass is 35.5. The molecule has 2 rings (SSSR count). The number of rotatable bonds is 4. The van der Waals surface area contributed by atoms with E-state index in [1.165, 1.54) is 0 Å². The van der Waals surface area contributed by atoms with E-state index in [4.69, 9.17) is 10.5 Å². The molecule has 2 unspecified atom stereocenters. The molecule has 0 bridgehead atoms. The van der Waals surface area contributed by atoms with Crippen LogP contribution in [0.25, 0.3) is 0 Å². The zero-order valence-electron chi connectivity index (χ0n) is 13.4. The molecule has 24 heavy (non-hydrogen) atoms. The van der Waals surface area contributed by atoms with Gasteiger partial charge in [0.25, 0.3) is 0 Å². The van der Waals surface area contributed by atoms with Crippen molar-refractivity contribution < 1.29 is 22.7 Å². The monoisotopic (exact) mass is 366 g/mol. The van der Waals surface area contributed by atoms with Gasteiger partial charge in [-0.3, -0.25) is 4.79 Å². The van der Waals surface area contributed by atoms with Crippen LogP contribution < -0.4 is 10.5 Å². The molecule has 0 aromatic heterocycles. The molecule has 1 aromatic carbocycles. The predicted molar refractivity (Wildman–Crippen MR) is 87.3 cm³/mol. The molecule has 0 spiro atoms. The summed E-state index contributed by atoms with van der Waals surface area (Å²) in [4.78, 5) is 13.1. The number of alkyl halides is 3. The van der Waals surface area contributed by atoms with Crippen molar-refractivity contribution >= 4 is 18.3 Å². The summed E-state index contributed by atoms with van der Waals surface area (Å²) in [5, 5.41) is 0. The first-order valence-electron chi connectivity index (χ1n) is 7.56. The standard InChI is InChI=1S/C16H21F3N2O2.ClH/c1-23-13-6-2-11(3-7-13)4-9-15(22)21-10-12(20)5-8-14(21)16(17,18)19;/h2-3,6-7,12,14H,4-5,8-10,20H2,1H3;1H. The summed E-state index contributed by atoms with van der Waals surface area (Å²) in [7, 11) is 1.55. The second-order valence-electron chi connectivity index (χ2n) is 5.79. The molecular weight excluding hydrogens is 345 g/mol. The van der Waals surface area contributed by atoms with Crippen LogP contribution in [0.4, 0.5) is 13.2 Å². The summed E-state index contributed by atoms with van der Waals surface area (Å²) in [6, 6.07) is 5.01. The SMILES string of the molecule is COc1ccc(CCC(=O)N2CC(N)CCC2C(F)(F)F)cc1.Cl. The van der Waals surface area contributed by atoms with E-state index in [2.05, 4.69) is 0 Å². The van der Waals surface area contributed by atoms with E-state index in [-0.39, 0.29) is 38.2 Å². The predicted octanol–water partition coefficient (Wildman–Crippen LogP) is 2.93. The first-order valence-corrected chi connectivity index (χ1v) is 7.56. The number of likely N-dealkylation sites (tertiary alicyclic amines) is 1. The Labute approximate surface area is 145 Å². The topological polar surface area (TPSA) is 55.6 Å². The fourth-order valence-corrected chi connectivity index (χ4v) is 2.80. The number of carbonyl (C=O) groups excluding carboxylic acids is 1. The van der Waals surface area contributed by atoms with Crippen LogP contribution in [0.2, 0.25) is 0 Å². The summed E-state index contributed by atoms with van der Waals surface area (Å²) < 4.78 is 44.3. The number of hydrogen-bond donors (Lipinski definition) is 1. The van der Waals surface area contributed by atoms with Gasteiger partial charge in [0.05, 0.1) is 7.11 Å². The van der Waals surface area contributed by atoms with E-state index in [0.717, 1.165) is 10.5 Å². The van der Waals surface area contributed by atoms with Crippen LogP contribution >= 0.6 is 12.4 Å². The van der Waals surface area contributed by atoms with E-state index in [1.54, 1.807) is 31.4 Å². The number of carbonyl (C=O) groups is 1. The smallest absolute Gasteiger partial charge is 0.408 e. The Kier molecular flexibility index (Phi) is 7.35. The Bertz CT molecular complexity index is 537. The molecule has 1 heterocycles. The maximum Gasteiger partial charge on any atom is 0.408 e. The molecule has 8 heteroatoms. The second-order valence-corrected chi connectivity index (χ2v) is 5.79. The van der Waals surface area contributed by atoms with Crippen molar-refractivity contribution in [3.05, 3.63) is 29.8 Å². The first-order chi connectivity index (χ1) is 10.8. The molecule has 1 saturated heterocycles. The van der Waals surface area contributed by atoms with Gasteiger partial charge >= 0.3 is 6.18 Å². The van der Waals surface area contributed by atoms with Gasteiger partial charge in [-0.1, -0.05) is 12.1 Å². The highest BCUT2D eigenvalue weighted by molar-refractivity contribution is 5.85. The van der Waals surface area contributed by atoms with E-state index >= 15 is 0 Å². The molecule has 0 saturated carbocycles. The molecule has 4 nitrogen and oxygen atoms in total. The minimum absolute atomic E-state index is 0. The van der Waals surface area contributed by atoms with E-state index in [9.17, 15) is 18.0 Å². The van der Waals surface area contributed by atoms with Crippen LogP contribution in [0, 0.1) is 0 Å². The summed E-state index contributed by atoms with van der Waals surface area (Å²) in [5.41, 5.74) is 6.61. The van der Waals surface area contributed by atoms with Crippen molar-refractivity contribution in [2.24, 2.45) is 5.73 Å². The number of ether oxygens (including phenoxy) is 1. The lowest BCUT2D eigenvalue weighted by Crippen LogP contribution is -2.56. The largest absolute Gasteiger partial charge is 0.497 e. The van der Waals surface area contributed by atoms with Crippen LogP contribution in [0.3, 0.4) is 0 Å². The quantitative estimate of drug-likeness (QED) is 0.891.